The summed E-state index contributed by atoms with van der Waals surface area (Å²) in [5.41, 5.74) is 2.13. The number of ketones is 1. The molecule has 1 saturated heterocycles. The van der Waals surface area contributed by atoms with Gasteiger partial charge in [-0.25, -0.2) is 4.98 Å². The van der Waals surface area contributed by atoms with Gasteiger partial charge in [-0.3, -0.25) is 24.6 Å². The van der Waals surface area contributed by atoms with E-state index in [9.17, 15) is 24.8 Å². The van der Waals surface area contributed by atoms with Gasteiger partial charge in [-0.2, -0.15) is 0 Å². The van der Waals surface area contributed by atoms with Gasteiger partial charge in [0.2, 0.25) is 0 Å². The molecule has 1 N–H and O–H groups in total. The van der Waals surface area contributed by atoms with Gasteiger partial charge in [-0.05, 0) is 29.7 Å². The Labute approximate surface area is 203 Å². The fourth-order valence-electron chi connectivity index (χ4n) is 4.19. The molecule has 174 valence electrons. The Kier molecular flexibility index (Phi) is 5.62. The summed E-state index contributed by atoms with van der Waals surface area (Å²) < 4.78 is 0.849. The second-order valence-corrected chi connectivity index (χ2v) is 9.05. The summed E-state index contributed by atoms with van der Waals surface area (Å²) in [5.74, 6) is -2.08. The number of rotatable bonds is 5. The number of aryl methyl sites for hydroxylation is 1. The number of carbonyl (C=O) groups is 2. The lowest BCUT2D eigenvalue weighted by Gasteiger charge is -2.22. The summed E-state index contributed by atoms with van der Waals surface area (Å²) in [6.07, 6.45) is 0.832. The molecule has 4 aromatic rings. The number of amides is 1. The first-order valence-corrected chi connectivity index (χ1v) is 11.7. The van der Waals surface area contributed by atoms with Crippen LogP contribution in [0.3, 0.4) is 0 Å². The van der Waals surface area contributed by atoms with Crippen molar-refractivity contribution in [3.05, 3.63) is 105 Å². The van der Waals surface area contributed by atoms with Crippen LogP contribution in [0, 0.1) is 10.1 Å². The molecular formula is C26H19N3O5S. The highest BCUT2D eigenvalue weighted by atomic mass is 32.1. The molecule has 0 radical (unpaired) electrons. The third-order valence-corrected chi connectivity index (χ3v) is 6.96. The first-order valence-electron chi connectivity index (χ1n) is 10.9. The van der Waals surface area contributed by atoms with E-state index in [0.29, 0.717) is 16.6 Å². The molecule has 0 spiro atoms. The van der Waals surface area contributed by atoms with Crippen LogP contribution in [0.25, 0.3) is 16.0 Å². The highest BCUT2D eigenvalue weighted by Gasteiger charge is 2.48. The lowest BCUT2D eigenvalue weighted by Crippen LogP contribution is -2.29. The molecule has 5 rings (SSSR count). The number of non-ortho nitro benzene ring substituents is 1. The van der Waals surface area contributed by atoms with Crippen LogP contribution in [-0.4, -0.2) is 26.7 Å². The van der Waals surface area contributed by atoms with Gasteiger partial charge in [0.1, 0.15) is 5.76 Å². The molecule has 1 atom stereocenters. The molecule has 0 bridgehead atoms. The van der Waals surface area contributed by atoms with Crippen LogP contribution in [0.15, 0.2) is 78.4 Å². The maximum absolute atomic E-state index is 13.3. The fourth-order valence-corrected chi connectivity index (χ4v) is 5.24. The zero-order valence-electron chi connectivity index (χ0n) is 18.5. The van der Waals surface area contributed by atoms with Crippen LogP contribution in [0.2, 0.25) is 0 Å². The largest absolute Gasteiger partial charge is 0.507 e. The van der Waals surface area contributed by atoms with Crippen LogP contribution in [0.5, 0.6) is 0 Å². The maximum Gasteiger partial charge on any atom is 0.301 e. The minimum Gasteiger partial charge on any atom is -0.507 e. The number of benzene rings is 3. The molecule has 9 heteroatoms. The van der Waals surface area contributed by atoms with E-state index >= 15 is 0 Å². The molecule has 35 heavy (non-hydrogen) atoms. The van der Waals surface area contributed by atoms with Crippen molar-refractivity contribution in [2.75, 3.05) is 4.90 Å². The third kappa shape index (κ3) is 3.85. The van der Waals surface area contributed by atoms with Gasteiger partial charge in [0, 0.05) is 17.7 Å². The van der Waals surface area contributed by atoms with E-state index in [1.807, 2.05) is 25.1 Å². The van der Waals surface area contributed by atoms with E-state index in [1.54, 1.807) is 36.4 Å². The molecule has 1 aliphatic rings. The minimum atomic E-state index is -1.08. The van der Waals surface area contributed by atoms with Gasteiger partial charge >= 0.3 is 5.91 Å². The number of aliphatic hydroxyl groups excluding tert-OH is 1. The Morgan fingerprint density at radius 1 is 1.09 bits per heavy atom. The summed E-state index contributed by atoms with van der Waals surface area (Å²) in [7, 11) is 0. The normalized spacial score (nSPS) is 17.3. The number of hydrogen-bond donors (Lipinski definition) is 1. The first-order chi connectivity index (χ1) is 16.9. The lowest BCUT2D eigenvalue weighted by atomic mass is 9.95. The standard InChI is InChI=1S/C26H19N3O5S/c1-2-15-11-12-19-20(13-15)35-26(27-19)28-22(17-9-6-10-18(14-17)29(33)34)21(24(31)25(28)32)23(30)16-7-4-3-5-8-16/h3-14,22,30H,2H2,1H3. The quantitative estimate of drug-likeness (QED) is 0.133. The van der Waals surface area contributed by atoms with Crippen molar-refractivity contribution in [3.63, 3.8) is 0 Å². The van der Waals surface area contributed by atoms with Gasteiger partial charge < -0.3 is 5.11 Å². The predicted octanol–water partition coefficient (Wildman–Crippen LogP) is 5.39. The Balaban J connectivity index is 1.74. The van der Waals surface area contributed by atoms with Crippen LogP contribution < -0.4 is 4.90 Å². The van der Waals surface area contributed by atoms with Gasteiger partial charge in [0.05, 0.1) is 26.8 Å². The van der Waals surface area contributed by atoms with Crippen LogP contribution in [0.1, 0.15) is 29.7 Å². The number of nitrogens with zero attached hydrogens (tertiary/aromatic N) is 3. The SMILES string of the molecule is CCc1ccc2nc(N3C(=O)C(=O)C(=C(O)c4ccccc4)C3c3cccc([N+](=O)[O-])c3)sc2c1. The zero-order valence-corrected chi connectivity index (χ0v) is 19.4. The van der Waals surface area contributed by atoms with Crippen molar-refractivity contribution in [2.45, 2.75) is 19.4 Å². The van der Waals surface area contributed by atoms with E-state index in [4.69, 9.17) is 0 Å². The van der Waals surface area contributed by atoms with E-state index in [2.05, 4.69) is 4.98 Å². The molecular weight excluding hydrogens is 466 g/mol. The van der Waals surface area contributed by atoms with Crippen molar-refractivity contribution < 1.29 is 19.6 Å². The second-order valence-electron chi connectivity index (χ2n) is 8.04. The highest BCUT2D eigenvalue weighted by molar-refractivity contribution is 7.22. The van der Waals surface area contributed by atoms with E-state index < -0.39 is 22.7 Å². The van der Waals surface area contributed by atoms with Crippen molar-refractivity contribution >= 4 is 49.8 Å². The Morgan fingerprint density at radius 3 is 2.57 bits per heavy atom. The molecule has 1 unspecified atom stereocenters. The number of fused-ring (bicyclic) bond motifs is 1. The van der Waals surface area contributed by atoms with Gasteiger partial charge in [-0.15, -0.1) is 0 Å². The number of Topliss-reactive ketones (excluding diaryl/α,β-unsaturated/α-hetero) is 1. The van der Waals surface area contributed by atoms with Crippen molar-refractivity contribution in [1.29, 1.82) is 0 Å². The Hall–Kier alpha value is -4.37. The highest BCUT2D eigenvalue weighted by Crippen LogP contribution is 2.44. The number of nitro groups is 1. The number of aromatic nitrogens is 1. The summed E-state index contributed by atoms with van der Waals surface area (Å²) in [4.78, 5) is 43.3. The number of anilines is 1. The molecule has 1 aliphatic heterocycles. The van der Waals surface area contributed by atoms with Gasteiger partial charge in [0.15, 0.2) is 5.13 Å². The summed E-state index contributed by atoms with van der Waals surface area (Å²) in [5, 5.41) is 22.8. The second kappa shape index (κ2) is 8.77. The number of aliphatic hydroxyl groups is 1. The molecule has 2 heterocycles. The van der Waals surface area contributed by atoms with E-state index in [0.717, 1.165) is 16.7 Å². The summed E-state index contributed by atoms with van der Waals surface area (Å²) in [6.45, 7) is 2.04. The molecule has 3 aromatic carbocycles. The molecule has 1 amide bonds. The van der Waals surface area contributed by atoms with Crippen LogP contribution >= 0.6 is 11.3 Å². The van der Waals surface area contributed by atoms with Gasteiger partial charge in [0.25, 0.3) is 11.5 Å². The summed E-state index contributed by atoms with van der Waals surface area (Å²) >= 11 is 1.25. The predicted molar refractivity (Wildman–Crippen MR) is 133 cm³/mol. The number of thiazole rings is 1. The molecule has 1 aromatic heterocycles. The Bertz CT molecular complexity index is 1530. The van der Waals surface area contributed by atoms with Crippen LogP contribution in [-0.2, 0) is 16.0 Å². The number of hydrogen-bond acceptors (Lipinski definition) is 7. The van der Waals surface area contributed by atoms with Crippen LogP contribution in [0.4, 0.5) is 10.8 Å². The first kappa shape index (κ1) is 22.4. The minimum absolute atomic E-state index is 0.143. The molecule has 8 nitrogen and oxygen atoms in total. The van der Waals surface area contributed by atoms with Crippen molar-refractivity contribution in [1.82, 2.24) is 4.98 Å². The molecule has 0 aliphatic carbocycles. The maximum atomic E-state index is 13.3. The Morgan fingerprint density at radius 2 is 1.86 bits per heavy atom. The van der Waals surface area contributed by atoms with Crippen molar-refractivity contribution in [2.24, 2.45) is 0 Å². The number of nitro benzene ring substituents is 1. The average Bonchev–Trinajstić information content (AvgIpc) is 3.41. The third-order valence-electron chi connectivity index (χ3n) is 5.94. The smallest absolute Gasteiger partial charge is 0.301 e. The topological polar surface area (TPSA) is 114 Å². The van der Waals surface area contributed by atoms with E-state index in [-0.39, 0.29) is 22.2 Å². The average molecular weight is 486 g/mol. The lowest BCUT2D eigenvalue weighted by molar-refractivity contribution is -0.384. The monoisotopic (exact) mass is 485 g/mol. The summed E-state index contributed by atoms with van der Waals surface area (Å²) in [6, 6.07) is 18.8. The van der Waals surface area contributed by atoms with E-state index in [1.165, 1.54) is 34.4 Å². The molecule has 0 saturated carbocycles. The fraction of sp³-hybridized carbons (Fsp3) is 0.115. The molecule has 1 fully saturated rings. The number of carbonyl (C=O) groups excluding carboxylic acids is 2. The zero-order chi connectivity index (χ0) is 24.7. The van der Waals surface area contributed by atoms with Crippen molar-refractivity contribution in [3.8, 4) is 0 Å². The van der Waals surface area contributed by atoms with Gasteiger partial charge in [-0.1, -0.05) is 66.8 Å².